The van der Waals surface area contributed by atoms with Gasteiger partial charge in [0.1, 0.15) is 0 Å². The van der Waals surface area contributed by atoms with E-state index < -0.39 is 11.8 Å². The van der Waals surface area contributed by atoms with Crippen molar-refractivity contribution in [1.82, 2.24) is 19.6 Å². The van der Waals surface area contributed by atoms with Gasteiger partial charge in [0.2, 0.25) is 0 Å². The van der Waals surface area contributed by atoms with Gasteiger partial charge in [0.15, 0.2) is 0 Å². The second kappa shape index (κ2) is 10.1. The SMILES string of the molecule is CC1CN(CCCn2nc(-c3ccc(Cl)c(I)c3)c3c2CCN(C(=O)C(N)=O)C3)CCO1. The highest BCUT2D eigenvalue weighted by Gasteiger charge is 2.30. The zero-order valence-corrected chi connectivity index (χ0v) is 20.9. The van der Waals surface area contributed by atoms with Crippen molar-refractivity contribution in [2.45, 2.75) is 39.0 Å². The number of aryl methyl sites for hydroxylation is 1. The molecule has 0 radical (unpaired) electrons. The molecule has 2 aliphatic heterocycles. The number of rotatable bonds is 5. The first kappa shape index (κ1) is 23.5. The standard InChI is InChI=1S/C22H27ClIN5O3/c1-14-12-27(9-10-32-14)6-2-7-29-19-5-8-28(22(31)21(25)30)13-16(19)20(26-29)15-3-4-17(23)18(24)11-15/h3-4,11,14H,2,5-10,12-13H2,1H3,(H2,25,30). The Kier molecular flexibility index (Phi) is 7.38. The van der Waals surface area contributed by atoms with Crippen LogP contribution in [0.15, 0.2) is 18.2 Å². The number of carbonyl (C=O) groups is 2. The molecular weight excluding hydrogens is 545 g/mol. The summed E-state index contributed by atoms with van der Waals surface area (Å²) in [6.07, 6.45) is 1.89. The van der Waals surface area contributed by atoms with E-state index in [4.69, 9.17) is 27.2 Å². The van der Waals surface area contributed by atoms with E-state index >= 15 is 0 Å². The van der Waals surface area contributed by atoms with Crippen LogP contribution in [-0.2, 0) is 33.8 Å². The quantitative estimate of drug-likeness (QED) is 0.439. The van der Waals surface area contributed by atoms with Crippen molar-refractivity contribution >= 4 is 46.0 Å². The maximum atomic E-state index is 12.2. The maximum absolute atomic E-state index is 12.2. The smallest absolute Gasteiger partial charge is 0.311 e. The molecular formula is C22H27ClIN5O3. The van der Waals surface area contributed by atoms with Gasteiger partial charge < -0.3 is 15.4 Å². The van der Waals surface area contributed by atoms with E-state index in [0.717, 1.165) is 65.3 Å². The number of hydrogen-bond acceptors (Lipinski definition) is 5. The topological polar surface area (TPSA) is 93.7 Å². The molecule has 32 heavy (non-hydrogen) atoms. The van der Waals surface area contributed by atoms with Crippen LogP contribution in [0.4, 0.5) is 0 Å². The molecule has 1 unspecified atom stereocenters. The summed E-state index contributed by atoms with van der Waals surface area (Å²) < 4.78 is 8.64. The Bertz CT molecular complexity index is 1030. The maximum Gasteiger partial charge on any atom is 0.311 e. The highest BCUT2D eigenvalue weighted by Crippen LogP contribution is 2.32. The molecule has 2 N–H and O–H groups in total. The first-order valence-corrected chi connectivity index (χ1v) is 12.3. The molecule has 8 nitrogen and oxygen atoms in total. The van der Waals surface area contributed by atoms with Gasteiger partial charge in [0.25, 0.3) is 0 Å². The van der Waals surface area contributed by atoms with Crippen molar-refractivity contribution in [1.29, 1.82) is 0 Å². The van der Waals surface area contributed by atoms with Gasteiger partial charge in [-0.3, -0.25) is 19.2 Å². The Hall–Kier alpha value is -1.69. The summed E-state index contributed by atoms with van der Waals surface area (Å²) in [4.78, 5) is 27.6. The van der Waals surface area contributed by atoms with E-state index in [9.17, 15) is 9.59 Å². The van der Waals surface area contributed by atoms with E-state index in [1.54, 1.807) is 0 Å². The van der Waals surface area contributed by atoms with E-state index in [-0.39, 0.29) is 6.10 Å². The average molecular weight is 572 g/mol. The van der Waals surface area contributed by atoms with Crippen molar-refractivity contribution in [3.63, 3.8) is 0 Å². The molecule has 0 saturated carbocycles. The number of nitrogens with zero attached hydrogens (tertiary/aromatic N) is 4. The Morgan fingerprint density at radius 2 is 2.12 bits per heavy atom. The predicted octanol–water partition coefficient (Wildman–Crippen LogP) is 2.29. The molecule has 2 aliphatic rings. The van der Waals surface area contributed by atoms with Crippen LogP contribution in [0, 0.1) is 3.57 Å². The van der Waals surface area contributed by atoms with Gasteiger partial charge in [-0.25, -0.2) is 0 Å². The summed E-state index contributed by atoms with van der Waals surface area (Å²) in [6, 6.07) is 5.81. The van der Waals surface area contributed by atoms with Gasteiger partial charge in [0, 0.05) is 59.5 Å². The van der Waals surface area contributed by atoms with Gasteiger partial charge >= 0.3 is 11.8 Å². The Balaban J connectivity index is 1.58. The van der Waals surface area contributed by atoms with Crippen LogP contribution in [0.1, 0.15) is 24.6 Å². The van der Waals surface area contributed by atoms with Crippen molar-refractivity contribution in [2.75, 3.05) is 32.8 Å². The number of halogens is 2. The molecule has 1 saturated heterocycles. The van der Waals surface area contributed by atoms with E-state index in [1.165, 1.54) is 4.90 Å². The number of carbonyl (C=O) groups excluding carboxylic acids is 2. The molecule has 0 aliphatic carbocycles. The van der Waals surface area contributed by atoms with Crippen LogP contribution in [-0.4, -0.2) is 70.3 Å². The lowest BCUT2D eigenvalue weighted by Gasteiger charge is -2.31. The van der Waals surface area contributed by atoms with E-state index in [1.807, 2.05) is 18.2 Å². The fraction of sp³-hybridized carbons (Fsp3) is 0.500. The molecule has 1 fully saturated rings. The second-order valence-electron chi connectivity index (χ2n) is 8.30. The number of primary amides is 1. The fourth-order valence-corrected chi connectivity index (χ4v) is 5.05. The number of nitrogens with two attached hydrogens (primary N) is 1. The molecule has 1 atom stereocenters. The summed E-state index contributed by atoms with van der Waals surface area (Å²) >= 11 is 8.42. The van der Waals surface area contributed by atoms with Crippen LogP contribution >= 0.6 is 34.2 Å². The number of hydrogen-bond donors (Lipinski definition) is 1. The minimum Gasteiger partial charge on any atom is -0.376 e. The van der Waals surface area contributed by atoms with Crippen molar-refractivity contribution in [3.05, 3.63) is 38.0 Å². The normalized spacial score (nSPS) is 19.1. The number of amides is 2. The lowest BCUT2D eigenvalue weighted by Crippen LogP contribution is -2.43. The Morgan fingerprint density at radius 3 is 2.84 bits per heavy atom. The third-order valence-corrected chi connectivity index (χ3v) is 7.54. The van der Waals surface area contributed by atoms with Crippen LogP contribution in [0.25, 0.3) is 11.3 Å². The van der Waals surface area contributed by atoms with Crippen LogP contribution < -0.4 is 5.73 Å². The number of fused-ring (bicyclic) bond motifs is 1. The van der Waals surface area contributed by atoms with Crippen molar-refractivity contribution in [3.8, 4) is 11.3 Å². The van der Waals surface area contributed by atoms with Crippen molar-refractivity contribution in [2.24, 2.45) is 5.73 Å². The van der Waals surface area contributed by atoms with Crippen LogP contribution in [0.5, 0.6) is 0 Å². The summed E-state index contributed by atoms with van der Waals surface area (Å²) in [7, 11) is 0. The predicted molar refractivity (Wildman–Crippen MR) is 130 cm³/mol. The summed E-state index contributed by atoms with van der Waals surface area (Å²) in [5.74, 6) is -1.58. The molecule has 1 aromatic heterocycles. The van der Waals surface area contributed by atoms with E-state index in [2.05, 4.69) is 39.1 Å². The molecule has 0 spiro atoms. The lowest BCUT2D eigenvalue weighted by molar-refractivity contribution is -0.144. The first-order valence-electron chi connectivity index (χ1n) is 10.8. The van der Waals surface area contributed by atoms with E-state index in [0.29, 0.717) is 24.5 Å². The summed E-state index contributed by atoms with van der Waals surface area (Å²) in [5, 5.41) is 5.63. The van der Waals surface area contributed by atoms with Gasteiger partial charge in [-0.15, -0.1) is 0 Å². The fourth-order valence-electron chi connectivity index (χ4n) is 4.42. The van der Waals surface area contributed by atoms with Gasteiger partial charge in [0.05, 0.1) is 30.0 Å². The van der Waals surface area contributed by atoms with Crippen LogP contribution in [0.3, 0.4) is 0 Å². The molecule has 1 aromatic carbocycles. The minimum atomic E-state index is -0.928. The summed E-state index contributed by atoms with van der Waals surface area (Å²) in [5.41, 5.74) is 9.12. The zero-order chi connectivity index (χ0) is 22.8. The molecule has 4 rings (SSSR count). The van der Waals surface area contributed by atoms with Gasteiger partial charge in [-0.05, 0) is 48.1 Å². The van der Waals surface area contributed by atoms with Gasteiger partial charge in [-0.2, -0.15) is 5.10 Å². The largest absolute Gasteiger partial charge is 0.376 e. The number of morpholine rings is 1. The molecule has 2 aromatic rings. The third kappa shape index (κ3) is 5.11. The highest BCUT2D eigenvalue weighted by molar-refractivity contribution is 14.1. The molecule has 172 valence electrons. The minimum absolute atomic E-state index is 0.272. The third-order valence-electron chi connectivity index (χ3n) is 5.99. The lowest BCUT2D eigenvalue weighted by atomic mass is 10.0. The monoisotopic (exact) mass is 571 g/mol. The molecule has 3 heterocycles. The highest BCUT2D eigenvalue weighted by atomic mass is 127. The zero-order valence-electron chi connectivity index (χ0n) is 18.0. The Labute approximate surface area is 206 Å². The Morgan fingerprint density at radius 1 is 1.31 bits per heavy atom. The van der Waals surface area contributed by atoms with Gasteiger partial charge in [-0.1, -0.05) is 17.7 Å². The van der Waals surface area contributed by atoms with Crippen molar-refractivity contribution < 1.29 is 14.3 Å². The molecule has 0 bridgehead atoms. The van der Waals surface area contributed by atoms with Crippen LogP contribution in [0.2, 0.25) is 5.02 Å². The summed E-state index contributed by atoms with van der Waals surface area (Å²) in [6.45, 7) is 7.36. The second-order valence-corrected chi connectivity index (χ2v) is 9.87. The molecule has 2 amide bonds. The number of benzene rings is 1. The number of aromatic nitrogens is 2. The first-order chi connectivity index (χ1) is 15.3. The molecule has 10 heteroatoms. The average Bonchev–Trinajstić information content (AvgIpc) is 3.13. The number of ether oxygens (including phenoxy) is 1.